The van der Waals surface area contributed by atoms with Gasteiger partial charge in [0.05, 0.1) is 6.10 Å². The molecular formula is C12H16N2O4S2. The molecule has 6 nitrogen and oxygen atoms in total. The molecule has 0 saturated carbocycles. The number of aryl methyl sites for hydroxylation is 1. The first-order valence-electron chi connectivity index (χ1n) is 6.68. The summed E-state index contributed by atoms with van der Waals surface area (Å²) >= 11 is 6.32. The van der Waals surface area contributed by atoms with Crippen molar-refractivity contribution in [2.45, 2.75) is 38.7 Å². The minimum absolute atomic E-state index is 0.00917. The molecule has 0 bridgehead atoms. The van der Waals surface area contributed by atoms with Crippen LogP contribution < -0.4 is 11.2 Å². The maximum Gasteiger partial charge on any atom is 0.330 e. The van der Waals surface area contributed by atoms with E-state index in [1.807, 2.05) is 0 Å². The van der Waals surface area contributed by atoms with E-state index in [1.54, 1.807) is 13.2 Å². The molecule has 0 spiro atoms. The SMILES string of the molecule is [2H]C[C@H]1O[C@@H](n2cc(C)c(=O)[nH]c2=O)CC1OC(=S)SC. The van der Waals surface area contributed by atoms with Crippen molar-refractivity contribution < 1.29 is 10.8 Å². The van der Waals surface area contributed by atoms with Crippen LogP contribution >= 0.6 is 24.0 Å². The Morgan fingerprint density at radius 2 is 2.45 bits per heavy atom. The van der Waals surface area contributed by atoms with Gasteiger partial charge in [-0.25, -0.2) is 4.79 Å². The second-order valence-electron chi connectivity index (χ2n) is 4.45. The molecule has 1 aromatic rings. The largest absolute Gasteiger partial charge is 0.472 e. The first-order chi connectivity index (χ1) is 9.96. The fraction of sp³-hybridized carbons (Fsp3) is 0.583. The number of thiocarbonyl (C=S) groups is 1. The summed E-state index contributed by atoms with van der Waals surface area (Å²) in [6.07, 6.45) is 2.27. The Hall–Kier alpha value is -1.12. The van der Waals surface area contributed by atoms with Crippen molar-refractivity contribution in [3.8, 4) is 0 Å². The lowest BCUT2D eigenvalue weighted by Crippen LogP contribution is -2.33. The number of ether oxygens (including phenoxy) is 2. The van der Waals surface area contributed by atoms with E-state index in [2.05, 4.69) is 4.98 Å². The normalized spacial score (nSPS) is 26.3. The van der Waals surface area contributed by atoms with Gasteiger partial charge in [0.25, 0.3) is 5.56 Å². The van der Waals surface area contributed by atoms with Crippen LogP contribution in [0.2, 0.25) is 0 Å². The molecule has 1 N–H and O–H groups in total. The van der Waals surface area contributed by atoms with Crippen molar-refractivity contribution in [2.24, 2.45) is 0 Å². The van der Waals surface area contributed by atoms with E-state index < -0.39 is 23.6 Å². The number of H-pyrrole nitrogens is 1. The average molecular weight is 317 g/mol. The molecule has 0 aromatic carbocycles. The van der Waals surface area contributed by atoms with Crippen molar-refractivity contribution in [1.82, 2.24) is 9.55 Å². The van der Waals surface area contributed by atoms with Gasteiger partial charge in [-0.1, -0.05) is 11.8 Å². The molecular weight excluding hydrogens is 300 g/mol. The zero-order valence-corrected chi connectivity index (χ0v) is 12.8. The summed E-state index contributed by atoms with van der Waals surface area (Å²) in [7, 11) is 0. The van der Waals surface area contributed by atoms with Gasteiger partial charge < -0.3 is 9.47 Å². The van der Waals surface area contributed by atoms with Crippen LogP contribution in [0.3, 0.4) is 0 Å². The lowest BCUT2D eigenvalue weighted by Gasteiger charge is -2.15. The highest BCUT2D eigenvalue weighted by molar-refractivity contribution is 8.22. The van der Waals surface area contributed by atoms with Crippen LogP contribution in [0.25, 0.3) is 0 Å². The third kappa shape index (κ3) is 3.13. The highest BCUT2D eigenvalue weighted by Gasteiger charge is 2.36. The number of nitrogens with one attached hydrogen (secondary N) is 1. The molecule has 3 atom stereocenters. The van der Waals surface area contributed by atoms with Crippen molar-refractivity contribution in [3.63, 3.8) is 0 Å². The molecule has 8 heteroatoms. The lowest BCUT2D eigenvalue weighted by atomic mass is 10.2. The molecule has 20 heavy (non-hydrogen) atoms. The quantitative estimate of drug-likeness (QED) is 0.826. The predicted molar refractivity (Wildman–Crippen MR) is 81.2 cm³/mol. The summed E-state index contributed by atoms with van der Waals surface area (Å²) in [6, 6.07) is 0. The van der Waals surface area contributed by atoms with E-state index in [1.165, 1.54) is 22.5 Å². The highest BCUT2D eigenvalue weighted by Crippen LogP contribution is 2.30. The second kappa shape index (κ2) is 6.11. The van der Waals surface area contributed by atoms with E-state index in [0.717, 1.165) is 0 Å². The highest BCUT2D eigenvalue weighted by atomic mass is 32.2. The average Bonchev–Trinajstić information content (AvgIpc) is 2.85. The summed E-state index contributed by atoms with van der Waals surface area (Å²) in [6.45, 7) is 1.62. The first kappa shape index (κ1) is 13.8. The molecule has 1 fully saturated rings. The third-order valence-electron chi connectivity index (χ3n) is 3.05. The number of rotatable bonds is 2. The maximum atomic E-state index is 11.9. The van der Waals surface area contributed by atoms with E-state index in [-0.39, 0.29) is 13.0 Å². The fourth-order valence-corrected chi connectivity index (χ4v) is 2.31. The van der Waals surface area contributed by atoms with Gasteiger partial charge in [-0.3, -0.25) is 14.3 Å². The van der Waals surface area contributed by atoms with E-state index in [9.17, 15) is 9.59 Å². The number of aromatic nitrogens is 2. The molecule has 2 heterocycles. The maximum absolute atomic E-state index is 11.9. The van der Waals surface area contributed by atoms with Crippen molar-refractivity contribution in [3.05, 3.63) is 32.6 Å². The molecule has 1 unspecified atom stereocenters. The number of aromatic amines is 1. The van der Waals surface area contributed by atoms with Gasteiger partial charge in [0, 0.05) is 19.6 Å². The number of hydrogen-bond acceptors (Lipinski definition) is 6. The zero-order valence-electron chi connectivity index (χ0n) is 12.1. The summed E-state index contributed by atoms with van der Waals surface area (Å²) in [5, 5.41) is 0. The Kier molecular flexibility index (Phi) is 4.23. The summed E-state index contributed by atoms with van der Waals surface area (Å²) in [4.78, 5) is 25.5. The smallest absolute Gasteiger partial charge is 0.330 e. The number of thioether (sulfide) groups is 1. The van der Waals surface area contributed by atoms with E-state index in [4.69, 9.17) is 23.1 Å². The van der Waals surface area contributed by atoms with Gasteiger partial charge in [0.15, 0.2) is 0 Å². The molecule has 1 aliphatic heterocycles. The summed E-state index contributed by atoms with van der Waals surface area (Å²) in [5.74, 6) is 0. The molecule has 110 valence electrons. The van der Waals surface area contributed by atoms with Crippen molar-refractivity contribution in [1.29, 1.82) is 0 Å². The number of hydrogen-bond donors (Lipinski definition) is 1. The summed E-state index contributed by atoms with van der Waals surface area (Å²) < 4.78 is 20.5. The molecule has 0 aliphatic carbocycles. The van der Waals surface area contributed by atoms with Gasteiger partial charge in [-0.05, 0) is 32.3 Å². The Labute approximate surface area is 126 Å². The van der Waals surface area contributed by atoms with Gasteiger partial charge in [-0.15, -0.1) is 0 Å². The van der Waals surface area contributed by atoms with Crippen LogP contribution in [0.4, 0.5) is 0 Å². The van der Waals surface area contributed by atoms with Crippen LogP contribution in [0.5, 0.6) is 0 Å². The molecule has 1 aromatic heterocycles. The minimum atomic E-state index is -0.571. The Morgan fingerprint density at radius 1 is 1.70 bits per heavy atom. The Balaban J connectivity index is 2.23. The molecule has 2 rings (SSSR count). The van der Waals surface area contributed by atoms with Crippen LogP contribution in [0.1, 0.15) is 26.5 Å². The van der Waals surface area contributed by atoms with Crippen LogP contribution in [0, 0.1) is 6.92 Å². The zero-order chi connectivity index (χ0) is 15.6. The van der Waals surface area contributed by atoms with Crippen LogP contribution in [-0.2, 0) is 9.47 Å². The second-order valence-corrected chi connectivity index (χ2v) is 5.86. The van der Waals surface area contributed by atoms with Crippen LogP contribution in [0.15, 0.2) is 15.8 Å². The van der Waals surface area contributed by atoms with Gasteiger partial charge >= 0.3 is 5.69 Å². The van der Waals surface area contributed by atoms with Crippen LogP contribution in [-0.4, -0.2) is 32.4 Å². The third-order valence-corrected chi connectivity index (χ3v) is 4.08. The Morgan fingerprint density at radius 3 is 3.10 bits per heavy atom. The monoisotopic (exact) mass is 317 g/mol. The van der Waals surface area contributed by atoms with Crippen molar-refractivity contribution in [2.75, 3.05) is 6.26 Å². The predicted octanol–water partition coefficient (Wildman–Crippen LogP) is 1.19. The van der Waals surface area contributed by atoms with Crippen molar-refractivity contribution >= 4 is 28.4 Å². The summed E-state index contributed by atoms with van der Waals surface area (Å²) in [5.41, 5.74) is -0.528. The van der Waals surface area contributed by atoms with Gasteiger partial charge in [-0.2, -0.15) is 0 Å². The first-order valence-corrected chi connectivity index (χ1v) is 7.61. The van der Waals surface area contributed by atoms with E-state index in [0.29, 0.717) is 16.4 Å². The van der Waals surface area contributed by atoms with E-state index >= 15 is 0 Å². The topological polar surface area (TPSA) is 73.3 Å². The lowest BCUT2D eigenvalue weighted by molar-refractivity contribution is -0.00728. The fourth-order valence-electron chi connectivity index (χ4n) is 1.97. The van der Waals surface area contributed by atoms with Gasteiger partial charge in [0.2, 0.25) is 4.38 Å². The Bertz CT molecular complexity index is 645. The molecule has 1 aliphatic rings. The standard InChI is InChI=1S/C12H16N2O4S2/c1-6-5-14(11(16)13-10(6)15)9-4-8(7(2)17-9)18-12(19)20-3/h5,7-9H,4H2,1-3H3,(H,13,15,16)/t7-,8?,9-/m1/s1/i2D. The molecule has 0 radical (unpaired) electrons. The van der Waals surface area contributed by atoms with Gasteiger partial charge in [0.1, 0.15) is 12.3 Å². The minimum Gasteiger partial charge on any atom is -0.472 e. The molecule has 0 amide bonds. The molecule has 1 saturated heterocycles. The number of nitrogens with zero attached hydrogens (tertiary/aromatic N) is 1.